The van der Waals surface area contributed by atoms with Gasteiger partial charge in [-0.1, -0.05) is 29.3 Å². The molecule has 1 aromatic heterocycles. The van der Waals surface area contributed by atoms with Crippen LogP contribution in [-0.4, -0.2) is 10.5 Å². The molecule has 0 spiro atoms. The summed E-state index contributed by atoms with van der Waals surface area (Å²) in [6.45, 7) is 1.78. The number of carbonyl (C=O) groups excluding carboxylic acids is 1. The van der Waals surface area contributed by atoms with Crippen LogP contribution in [0.2, 0.25) is 10.0 Å². The Morgan fingerprint density at radius 2 is 2.00 bits per heavy atom. The fourth-order valence-corrected chi connectivity index (χ4v) is 2.62. The second kappa shape index (κ2) is 7.31. The van der Waals surface area contributed by atoms with Crippen LogP contribution in [-0.2, 0) is 11.3 Å². The molecule has 2 aromatic rings. The van der Waals surface area contributed by atoms with E-state index in [-0.39, 0.29) is 24.1 Å². The highest BCUT2D eigenvalue weighted by Gasteiger charge is 2.12. The van der Waals surface area contributed by atoms with Gasteiger partial charge < -0.3 is 9.88 Å². The molecule has 0 aliphatic rings. The SMILES string of the molecule is CC(NC(=O)Cn1cc(Br)ccc1=O)c1ccc(Cl)c(Cl)c1. The van der Waals surface area contributed by atoms with E-state index >= 15 is 0 Å². The number of carbonyl (C=O) groups is 1. The number of nitrogens with zero attached hydrogens (tertiary/aromatic N) is 1. The molecule has 4 nitrogen and oxygen atoms in total. The minimum Gasteiger partial charge on any atom is -0.348 e. The molecule has 0 bridgehead atoms. The van der Waals surface area contributed by atoms with Crippen molar-refractivity contribution in [2.75, 3.05) is 0 Å². The number of aromatic nitrogens is 1. The van der Waals surface area contributed by atoms with E-state index in [1.54, 1.807) is 30.5 Å². The molecular formula is C15H13BrCl2N2O2. The minimum absolute atomic E-state index is 0.0517. The van der Waals surface area contributed by atoms with E-state index < -0.39 is 0 Å². The number of hydrogen-bond acceptors (Lipinski definition) is 2. The average molecular weight is 404 g/mol. The van der Waals surface area contributed by atoms with Crippen LogP contribution in [0, 0.1) is 0 Å². The van der Waals surface area contributed by atoms with E-state index in [9.17, 15) is 9.59 Å². The van der Waals surface area contributed by atoms with Crippen molar-refractivity contribution >= 4 is 45.0 Å². The maximum atomic E-state index is 12.1. The first-order valence-electron chi connectivity index (χ1n) is 6.47. The smallest absolute Gasteiger partial charge is 0.251 e. The zero-order valence-electron chi connectivity index (χ0n) is 11.6. The van der Waals surface area contributed by atoms with Crippen LogP contribution in [0.4, 0.5) is 0 Å². The summed E-state index contributed by atoms with van der Waals surface area (Å²) in [6, 6.07) is 7.98. The van der Waals surface area contributed by atoms with Crippen molar-refractivity contribution in [3.05, 3.63) is 67.0 Å². The van der Waals surface area contributed by atoms with Gasteiger partial charge in [-0.2, -0.15) is 0 Å². The van der Waals surface area contributed by atoms with Gasteiger partial charge in [-0.3, -0.25) is 9.59 Å². The van der Waals surface area contributed by atoms with E-state index in [4.69, 9.17) is 23.2 Å². The van der Waals surface area contributed by atoms with Crippen LogP contribution >= 0.6 is 39.1 Å². The summed E-state index contributed by atoms with van der Waals surface area (Å²) in [5.41, 5.74) is 0.602. The first-order chi connectivity index (χ1) is 10.4. The molecule has 1 atom stereocenters. The Bertz CT molecular complexity index is 761. The summed E-state index contributed by atoms with van der Waals surface area (Å²) in [7, 11) is 0. The predicted octanol–water partition coefficient (Wildman–Crippen LogP) is 3.80. The molecule has 0 aliphatic carbocycles. The van der Waals surface area contributed by atoms with Gasteiger partial charge in [0, 0.05) is 16.7 Å². The van der Waals surface area contributed by atoms with Gasteiger partial charge in [0.15, 0.2) is 0 Å². The number of pyridine rings is 1. The summed E-state index contributed by atoms with van der Waals surface area (Å²) in [5, 5.41) is 3.72. The molecule has 0 fully saturated rings. The maximum Gasteiger partial charge on any atom is 0.251 e. The van der Waals surface area contributed by atoms with E-state index in [1.165, 1.54) is 10.6 Å². The van der Waals surface area contributed by atoms with Gasteiger partial charge in [-0.05, 0) is 46.6 Å². The molecule has 2 rings (SSSR count). The molecular weight excluding hydrogens is 391 g/mol. The maximum absolute atomic E-state index is 12.1. The number of hydrogen-bond donors (Lipinski definition) is 1. The molecule has 0 saturated heterocycles. The third-order valence-corrected chi connectivity index (χ3v) is 4.29. The number of amides is 1. The lowest BCUT2D eigenvalue weighted by Gasteiger charge is -2.15. The topological polar surface area (TPSA) is 51.1 Å². The Kier molecular flexibility index (Phi) is 5.67. The Hall–Kier alpha value is -1.30. The molecule has 0 saturated carbocycles. The third-order valence-electron chi connectivity index (χ3n) is 3.08. The average Bonchev–Trinajstić information content (AvgIpc) is 2.45. The van der Waals surface area contributed by atoms with E-state index in [0.29, 0.717) is 10.0 Å². The van der Waals surface area contributed by atoms with Crippen molar-refractivity contribution in [3.8, 4) is 0 Å². The van der Waals surface area contributed by atoms with Crippen LogP contribution in [0.3, 0.4) is 0 Å². The number of benzene rings is 1. The molecule has 1 N–H and O–H groups in total. The summed E-state index contributed by atoms with van der Waals surface area (Å²) in [5.74, 6) is -0.265. The highest BCUT2D eigenvalue weighted by molar-refractivity contribution is 9.10. The van der Waals surface area contributed by atoms with E-state index in [1.807, 2.05) is 6.92 Å². The molecule has 0 radical (unpaired) electrons. The van der Waals surface area contributed by atoms with Crippen LogP contribution in [0.15, 0.2) is 45.8 Å². The second-order valence-electron chi connectivity index (χ2n) is 4.78. The largest absolute Gasteiger partial charge is 0.348 e. The van der Waals surface area contributed by atoms with Gasteiger partial charge in [-0.25, -0.2) is 0 Å². The minimum atomic E-state index is -0.265. The number of halogens is 3. The zero-order valence-corrected chi connectivity index (χ0v) is 14.7. The zero-order chi connectivity index (χ0) is 16.3. The first-order valence-corrected chi connectivity index (χ1v) is 8.02. The quantitative estimate of drug-likeness (QED) is 0.844. The van der Waals surface area contributed by atoms with Crippen molar-refractivity contribution < 1.29 is 4.79 Å². The van der Waals surface area contributed by atoms with Crippen molar-refractivity contribution in [1.29, 1.82) is 0 Å². The lowest BCUT2D eigenvalue weighted by Crippen LogP contribution is -2.33. The molecule has 1 unspecified atom stereocenters. The van der Waals surface area contributed by atoms with E-state index in [2.05, 4.69) is 21.2 Å². The lowest BCUT2D eigenvalue weighted by molar-refractivity contribution is -0.122. The summed E-state index contributed by atoms with van der Waals surface area (Å²) in [6.07, 6.45) is 1.58. The fourth-order valence-electron chi connectivity index (χ4n) is 1.93. The van der Waals surface area contributed by atoms with Gasteiger partial charge in [0.1, 0.15) is 6.54 Å². The summed E-state index contributed by atoms with van der Waals surface area (Å²) < 4.78 is 2.07. The molecule has 1 amide bonds. The standard InChI is InChI=1S/C15H13BrCl2N2O2/c1-9(10-2-4-12(17)13(18)6-10)19-14(21)8-20-7-11(16)3-5-15(20)22/h2-7,9H,8H2,1H3,(H,19,21). The van der Waals surface area contributed by atoms with Gasteiger partial charge in [0.05, 0.1) is 16.1 Å². The third kappa shape index (κ3) is 4.35. The van der Waals surface area contributed by atoms with Crippen molar-refractivity contribution in [2.24, 2.45) is 0 Å². The van der Waals surface area contributed by atoms with Crippen LogP contribution in [0.1, 0.15) is 18.5 Å². The summed E-state index contributed by atoms with van der Waals surface area (Å²) >= 11 is 15.1. The Morgan fingerprint density at radius 3 is 2.68 bits per heavy atom. The highest BCUT2D eigenvalue weighted by atomic mass is 79.9. The normalized spacial score (nSPS) is 12.0. The predicted molar refractivity (Wildman–Crippen MR) is 91.4 cm³/mol. The molecule has 1 heterocycles. The monoisotopic (exact) mass is 402 g/mol. The lowest BCUT2D eigenvalue weighted by atomic mass is 10.1. The van der Waals surface area contributed by atoms with E-state index in [0.717, 1.165) is 10.0 Å². The molecule has 7 heteroatoms. The van der Waals surface area contributed by atoms with Crippen molar-refractivity contribution in [1.82, 2.24) is 9.88 Å². The first kappa shape index (κ1) is 17.1. The van der Waals surface area contributed by atoms with Crippen LogP contribution in [0.25, 0.3) is 0 Å². The van der Waals surface area contributed by atoms with Gasteiger partial charge in [-0.15, -0.1) is 0 Å². The molecule has 116 valence electrons. The Morgan fingerprint density at radius 1 is 1.27 bits per heavy atom. The van der Waals surface area contributed by atoms with Crippen LogP contribution in [0.5, 0.6) is 0 Å². The van der Waals surface area contributed by atoms with Gasteiger partial charge in [0.2, 0.25) is 5.91 Å². The summed E-state index contributed by atoms with van der Waals surface area (Å²) in [4.78, 5) is 23.7. The number of rotatable bonds is 4. The Balaban J connectivity index is 2.06. The molecule has 22 heavy (non-hydrogen) atoms. The van der Waals surface area contributed by atoms with Crippen molar-refractivity contribution in [3.63, 3.8) is 0 Å². The molecule has 1 aromatic carbocycles. The van der Waals surface area contributed by atoms with Gasteiger partial charge >= 0.3 is 0 Å². The highest BCUT2D eigenvalue weighted by Crippen LogP contribution is 2.25. The van der Waals surface area contributed by atoms with Crippen LogP contribution < -0.4 is 10.9 Å². The fraction of sp³-hybridized carbons (Fsp3) is 0.200. The second-order valence-corrected chi connectivity index (χ2v) is 6.51. The van der Waals surface area contributed by atoms with Crippen molar-refractivity contribution in [2.45, 2.75) is 19.5 Å². The number of nitrogens with one attached hydrogen (secondary N) is 1. The van der Waals surface area contributed by atoms with Gasteiger partial charge in [0.25, 0.3) is 5.56 Å². The molecule has 0 aliphatic heterocycles. The Labute approximate surface area is 146 Å².